The molecule has 18 heavy (non-hydrogen) atoms. The molecule has 2 N–H and O–H groups in total. The monoisotopic (exact) mass is 252 g/mol. The average Bonchev–Trinajstić information content (AvgIpc) is 2.27. The van der Waals surface area contributed by atoms with E-state index >= 15 is 0 Å². The molecule has 0 spiro atoms. The fourth-order valence-electron chi connectivity index (χ4n) is 4.01. The summed E-state index contributed by atoms with van der Waals surface area (Å²) >= 11 is 0. The average molecular weight is 252 g/mol. The van der Waals surface area contributed by atoms with E-state index < -0.39 is 0 Å². The van der Waals surface area contributed by atoms with E-state index in [2.05, 4.69) is 18.7 Å². The third-order valence-electron chi connectivity index (χ3n) is 4.85. The molecule has 4 unspecified atom stereocenters. The standard InChI is InChI=1S/C16H32N2/c1-13(5-3-6-14(2)17)10-18-11-15-7-4-8-16(9-15)12-18/h13-16H,3-12,17H2,1-2H3. The second-order valence-corrected chi connectivity index (χ2v) is 7.13. The zero-order valence-corrected chi connectivity index (χ0v) is 12.4. The molecule has 0 aromatic heterocycles. The van der Waals surface area contributed by atoms with Gasteiger partial charge in [-0.1, -0.05) is 19.8 Å². The van der Waals surface area contributed by atoms with E-state index in [1.54, 1.807) is 0 Å². The van der Waals surface area contributed by atoms with E-state index in [9.17, 15) is 0 Å². The van der Waals surface area contributed by atoms with Crippen LogP contribution in [0.15, 0.2) is 0 Å². The van der Waals surface area contributed by atoms with Crippen LogP contribution < -0.4 is 5.73 Å². The summed E-state index contributed by atoms with van der Waals surface area (Å²) in [6.07, 6.45) is 9.85. The van der Waals surface area contributed by atoms with E-state index in [0.29, 0.717) is 6.04 Å². The molecule has 4 atom stereocenters. The molecule has 0 radical (unpaired) electrons. The van der Waals surface area contributed by atoms with Gasteiger partial charge in [-0.3, -0.25) is 0 Å². The van der Waals surface area contributed by atoms with Crippen molar-refractivity contribution in [2.24, 2.45) is 23.5 Å². The summed E-state index contributed by atoms with van der Waals surface area (Å²) < 4.78 is 0. The van der Waals surface area contributed by atoms with Crippen molar-refractivity contribution in [1.29, 1.82) is 0 Å². The van der Waals surface area contributed by atoms with Crippen LogP contribution in [0.2, 0.25) is 0 Å². The van der Waals surface area contributed by atoms with E-state index in [4.69, 9.17) is 5.73 Å². The zero-order chi connectivity index (χ0) is 13.0. The molecule has 2 aliphatic rings. The minimum atomic E-state index is 0.381. The highest BCUT2D eigenvalue weighted by Crippen LogP contribution is 2.34. The molecule has 1 aliphatic heterocycles. The highest BCUT2D eigenvalue weighted by Gasteiger charge is 2.30. The Morgan fingerprint density at radius 1 is 1.11 bits per heavy atom. The maximum atomic E-state index is 5.81. The second-order valence-electron chi connectivity index (χ2n) is 7.13. The summed E-state index contributed by atoms with van der Waals surface area (Å²) in [5.41, 5.74) is 5.81. The Balaban J connectivity index is 1.66. The SMILES string of the molecule is CC(N)CCCC(C)CN1CC2CCCC(C2)C1. The topological polar surface area (TPSA) is 29.3 Å². The molecule has 1 saturated carbocycles. The summed E-state index contributed by atoms with van der Waals surface area (Å²) in [4.78, 5) is 2.76. The molecule has 0 aromatic carbocycles. The summed E-state index contributed by atoms with van der Waals surface area (Å²) in [5.74, 6) is 2.89. The summed E-state index contributed by atoms with van der Waals surface area (Å²) in [5, 5.41) is 0. The lowest BCUT2D eigenvalue weighted by Gasteiger charge is -2.42. The molecule has 2 fully saturated rings. The molecule has 2 bridgehead atoms. The Morgan fingerprint density at radius 3 is 2.39 bits per heavy atom. The smallest absolute Gasteiger partial charge is 0.00104 e. The van der Waals surface area contributed by atoms with Gasteiger partial charge in [0.1, 0.15) is 0 Å². The van der Waals surface area contributed by atoms with Crippen molar-refractivity contribution in [3.8, 4) is 0 Å². The summed E-state index contributed by atoms with van der Waals surface area (Å²) in [7, 11) is 0. The molecular weight excluding hydrogens is 220 g/mol. The highest BCUT2D eigenvalue weighted by atomic mass is 15.1. The molecule has 1 saturated heterocycles. The van der Waals surface area contributed by atoms with Gasteiger partial charge in [-0.2, -0.15) is 0 Å². The quantitative estimate of drug-likeness (QED) is 0.786. The lowest BCUT2D eigenvalue weighted by Crippen LogP contribution is -2.44. The van der Waals surface area contributed by atoms with Gasteiger partial charge in [-0.05, 0) is 56.8 Å². The Kier molecular flexibility index (Phi) is 5.50. The molecular formula is C16H32N2. The van der Waals surface area contributed by atoms with E-state index in [1.807, 2.05) is 0 Å². The Hall–Kier alpha value is -0.0800. The van der Waals surface area contributed by atoms with Crippen molar-refractivity contribution in [1.82, 2.24) is 4.90 Å². The van der Waals surface area contributed by atoms with Crippen molar-refractivity contribution in [3.05, 3.63) is 0 Å². The van der Waals surface area contributed by atoms with Crippen LogP contribution in [-0.4, -0.2) is 30.6 Å². The Labute approximate surface area is 113 Å². The first-order chi connectivity index (χ1) is 8.63. The number of hydrogen-bond acceptors (Lipinski definition) is 2. The van der Waals surface area contributed by atoms with Gasteiger partial charge in [-0.25, -0.2) is 0 Å². The van der Waals surface area contributed by atoms with Crippen LogP contribution in [0.25, 0.3) is 0 Å². The highest BCUT2D eigenvalue weighted by molar-refractivity contribution is 4.83. The number of nitrogens with two attached hydrogens (primary N) is 1. The Bertz CT molecular complexity index is 227. The molecule has 2 rings (SSSR count). The maximum absolute atomic E-state index is 5.81. The number of nitrogens with zero attached hydrogens (tertiary/aromatic N) is 1. The minimum Gasteiger partial charge on any atom is -0.328 e. The van der Waals surface area contributed by atoms with Crippen LogP contribution in [0.1, 0.15) is 58.8 Å². The van der Waals surface area contributed by atoms with Crippen LogP contribution in [0.5, 0.6) is 0 Å². The number of rotatable bonds is 6. The van der Waals surface area contributed by atoms with Gasteiger partial charge in [0.05, 0.1) is 0 Å². The van der Waals surface area contributed by atoms with E-state index in [1.165, 1.54) is 64.6 Å². The number of likely N-dealkylation sites (tertiary alicyclic amines) is 1. The molecule has 0 amide bonds. The first-order valence-electron chi connectivity index (χ1n) is 8.11. The first kappa shape index (κ1) is 14.3. The van der Waals surface area contributed by atoms with Gasteiger partial charge in [0.15, 0.2) is 0 Å². The van der Waals surface area contributed by atoms with Gasteiger partial charge >= 0.3 is 0 Å². The van der Waals surface area contributed by atoms with Gasteiger partial charge in [0.2, 0.25) is 0 Å². The lowest BCUT2D eigenvalue weighted by atomic mass is 9.77. The molecule has 2 nitrogen and oxygen atoms in total. The van der Waals surface area contributed by atoms with E-state index in [0.717, 1.165) is 17.8 Å². The predicted octanol–water partition coefficient (Wildman–Crippen LogP) is 3.26. The van der Waals surface area contributed by atoms with Crippen molar-refractivity contribution in [3.63, 3.8) is 0 Å². The summed E-state index contributed by atoms with van der Waals surface area (Å²) in [6.45, 7) is 8.64. The molecule has 1 heterocycles. The lowest BCUT2D eigenvalue weighted by molar-refractivity contribution is 0.0743. The normalized spacial score (nSPS) is 32.2. The van der Waals surface area contributed by atoms with Gasteiger partial charge in [0, 0.05) is 25.7 Å². The van der Waals surface area contributed by atoms with Crippen LogP contribution in [0.3, 0.4) is 0 Å². The third kappa shape index (κ3) is 4.55. The number of fused-ring (bicyclic) bond motifs is 2. The molecule has 1 aliphatic carbocycles. The fraction of sp³-hybridized carbons (Fsp3) is 1.00. The van der Waals surface area contributed by atoms with Crippen molar-refractivity contribution >= 4 is 0 Å². The molecule has 106 valence electrons. The molecule has 2 heteroatoms. The summed E-state index contributed by atoms with van der Waals surface area (Å²) in [6, 6.07) is 0.381. The number of piperidine rings is 1. The van der Waals surface area contributed by atoms with Crippen LogP contribution in [-0.2, 0) is 0 Å². The van der Waals surface area contributed by atoms with Crippen molar-refractivity contribution in [2.45, 2.75) is 64.8 Å². The van der Waals surface area contributed by atoms with Crippen LogP contribution >= 0.6 is 0 Å². The predicted molar refractivity (Wildman–Crippen MR) is 78.6 cm³/mol. The zero-order valence-electron chi connectivity index (χ0n) is 12.4. The number of hydrogen-bond donors (Lipinski definition) is 1. The van der Waals surface area contributed by atoms with Gasteiger partial charge in [-0.15, -0.1) is 0 Å². The minimum absolute atomic E-state index is 0.381. The van der Waals surface area contributed by atoms with Crippen molar-refractivity contribution in [2.75, 3.05) is 19.6 Å². The fourth-order valence-corrected chi connectivity index (χ4v) is 4.01. The maximum Gasteiger partial charge on any atom is 0.00104 e. The van der Waals surface area contributed by atoms with Crippen LogP contribution in [0.4, 0.5) is 0 Å². The second kappa shape index (κ2) is 6.91. The largest absolute Gasteiger partial charge is 0.328 e. The van der Waals surface area contributed by atoms with Crippen molar-refractivity contribution < 1.29 is 0 Å². The Morgan fingerprint density at radius 2 is 1.78 bits per heavy atom. The van der Waals surface area contributed by atoms with Gasteiger partial charge in [0.25, 0.3) is 0 Å². The van der Waals surface area contributed by atoms with Crippen LogP contribution in [0, 0.1) is 17.8 Å². The first-order valence-corrected chi connectivity index (χ1v) is 8.11. The van der Waals surface area contributed by atoms with Gasteiger partial charge < -0.3 is 10.6 Å². The van der Waals surface area contributed by atoms with E-state index in [-0.39, 0.29) is 0 Å². The molecule has 0 aromatic rings. The third-order valence-corrected chi connectivity index (χ3v) is 4.85.